The third-order valence-electron chi connectivity index (χ3n) is 5.79. The minimum atomic E-state index is -0.0836. The number of hydrogen-bond acceptors (Lipinski definition) is 4. The van der Waals surface area contributed by atoms with E-state index in [9.17, 15) is 4.79 Å². The van der Waals surface area contributed by atoms with E-state index in [1.807, 2.05) is 30.3 Å². The van der Waals surface area contributed by atoms with Crippen molar-refractivity contribution in [2.45, 2.75) is 25.4 Å². The number of likely N-dealkylation sites (tertiary alicyclic amines) is 1. The average Bonchev–Trinajstić information content (AvgIpc) is 3.33. The normalized spacial score (nSPS) is 16.2. The lowest BCUT2D eigenvalue weighted by Gasteiger charge is -2.32. The third kappa shape index (κ3) is 5.10. The van der Waals surface area contributed by atoms with Gasteiger partial charge in [-0.25, -0.2) is 0 Å². The molecule has 1 fully saturated rings. The van der Waals surface area contributed by atoms with Crippen molar-refractivity contribution in [2.24, 2.45) is 5.92 Å². The summed E-state index contributed by atoms with van der Waals surface area (Å²) >= 11 is 1.66. The fraction of sp³-hybridized carbons (Fsp3) is 0.320. The fourth-order valence-electron chi connectivity index (χ4n) is 4.09. The molecule has 4 nitrogen and oxygen atoms in total. The topological polar surface area (TPSA) is 41.6 Å². The highest BCUT2D eigenvalue weighted by atomic mass is 32.1. The Labute approximate surface area is 182 Å². The number of carbonyl (C=O) groups is 1. The molecule has 5 heteroatoms. The van der Waals surface area contributed by atoms with Crippen molar-refractivity contribution in [3.8, 4) is 5.75 Å². The van der Waals surface area contributed by atoms with Crippen LogP contribution < -0.4 is 10.1 Å². The fourth-order valence-corrected chi connectivity index (χ4v) is 4.77. The van der Waals surface area contributed by atoms with Crippen LogP contribution >= 0.6 is 11.3 Å². The van der Waals surface area contributed by atoms with E-state index in [2.05, 4.69) is 51.3 Å². The minimum absolute atomic E-state index is 0.0661. The number of carbonyl (C=O) groups excluding carboxylic acids is 1. The Morgan fingerprint density at radius 2 is 1.90 bits per heavy atom. The van der Waals surface area contributed by atoms with Gasteiger partial charge in [0.15, 0.2) is 0 Å². The Morgan fingerprint density at radius 3 is 2.60 bits per heavy atom. The molecule has 0 saturated carbocycles. The van der Waals surface area contributed by atoms with Gasteiger partial charge in [0.1, 0.15) is 5.75 Å². The van der Waals surface area contributed by atoms with Crippen molar-refractivity contribution in [1.82, 2.24) is 10.2 Å². The Hall–Kier alpha value is -2.63. The van der Waals surface area contributed by atoms with Crippen molar-refractivity contribution in [3.05, 3.63) is 88.1 Å². The van der Waals surface area contributed by atoms with Gasteiger partial charge in [-0.1, -0.05) is 42.5 Å². The Morgan fingerprint density at radius 1 is 1.10 bits per heavy atom. The monoisotopic (exact) mass is 420 g/mol. The summed E-state index contributed by atoms with van der Waals surface area (Å²) in [6.07, 6.45) is 1.78. The quantitative estimate of drug-likeness (QED) is 0.593. The van der Waals surface area contributed by atoms with Crippen LogP contribution in [0, 0.1) is 5.92 Å². The predicted octanol–water partition coefficient (Wildman–Crippen LogP) is 4.87. The molecule has 1 aliphatic heterocycles. The molecular formula is C25H28N2O2S. The van der Waals surface area contributed by atoms with Crippen molar-refractivity contribution in [1.29, 1.82) is 0 Å². The molecule has 3 aromatic rings. The third-order valence-corrected chi connectivity index (χ3v) is 6.50. The van der Waals surface area contributed by atoms with E-state index in [0.29, 0.717) is 0 Å². The van der Waals surface area contributed by atoms with Crippen LogP contribution in [0.3, 0.4) is 0 Å². The first kappa shape index (κ1) is 20.6. The summed E-state index contributed by atoms with van der Waals surface area (Å²) in [6.45, 7) is 2.76. The van der Waals surface area contributed by atoms with Gasteiger partial charge < -0.3 is 10.1 Å². The molecule has 0 radical (unpaired) electrons. The van der Waals surface area contributed by atoms with E-state index >= 15 is 0 Å². The minimum Gasteiger partial charge on any atom is -0.497 e. The number of piperidine rings is 1. The Balaban J connectivity index is 1.35. The molecule has 4 rings (SSSR count). The molecule has 1 atom stereocenters. The largest absolute Gasteiger partial charge is 0.497 e. The smallest absolute Gasteiger partial charge is 0.223 e. The van der Waals surface area contributed by atoms with Crippen LogP contribution in [0.15, 0.2) is 71.4 Å². The zero-order chi connectivity index (χ0) is 20.8. The van der Waals surface area contributed by atoms with Crippen LogP contribution in [0.2, 0.25) is 0 Å². The number of amides is 1. The number of rotatable bonds is 7. The summed E-state index contributed by atoms with van der Waals surface area (Å²) in [7, 11) is 1.70. The maximum Gasteiger partial charge on any atom is 0.223 e. The van der Waals surface area contributed by atoms with Gasteiger partial charge in [0.25, 0.3) is 0 Å². The lowest BCUT2D eigenvalue weighted by molar-refractivity contribution is -0.127. The van der Waals surface area contributed by atoms with Gasteiger partial charge in [-0.3, -0.25) is 9.69 Å². The number of ether oxygens (including phenoxy) is 1. The van der Waals surface area contributed by atoms with E-state index in [1.54, 1.807) is 18.4 Å². The molecule has 0 bridgehead atoms. The Kier molecular flexibility index (Phi) is 6.82. The summed E-state index contributed by atoms with van der Waals surface area (Å²) in [6, 6.07) is 20.5. The van der Waals surface area contributed by atoms with Crippen LogP contribution in [0.4, 0.5) is 0 Å². The molecule has 1 unspecified atom stereocenters. The zero-order valence-corrected chi connectivity index (χ0v) is 18.1. The van der Waals surface area contributed by atoms with E-state index < -0.39 is 0 Å². The second-order valence-corrected chi connectivity index (χ2v) is 8.59. The van der Waals surface area contributed by atoms with Gasteiger partial charge in [0.05, 0.1) is 13.2 Å². The number of hydrogen-bond donors (Lipinski definition) is 1. The number of thiophene rings is 1. The van der Waals surface area contributed by atoms with Gasteiger partial charge >= 0.3 is 0 Å². The maximum absolute atomic E-state index is 13.1. The summed E-state index contributed by atoms with van der Waals surface area (Å²) < 4.78 is 5.33. The van der Waals surface area contributed by atoms with Crippen LogP contribution in [0.5, 0.6) is 5.75 Å². The van der Waals surface area contributed by atoms with E-state index in [1.165, 1.54) is 5.56 Å². The molecule has 156 valence electrons. The standard InChI is InChI=1S/C25H28N2O2S/c1-29-23-9-5-6-19(16-23)17-27-13-10-21(11-14-27)25(28)26-24(22-12-15-30-18-22)20-7-3-2-4-8-20/h2-9,12,15-16,18,21,24H,10-11,13-14,17H2,1H3,(H,26,28). The summed E-state index contributed by atoms with van der Waals surface area (Å²) in [5.74, 6) is 1.12. The highest BCUT2D eigenvalue weighted by Gasteiger charge is 2.27. The van der Waals surface area contributed by atoms with Crippen molar-refractivity contribution in [3.63, 3.8) is 0 Å². The lowest BCUT2D eigenvalue weighted by atomic mass is 9.94. The van der Waals surface area contributed by atoms with Crippen molar-refractivity contribution < 1.29 is 9.53 Å². The van der Waals surface area contributed by atoms with Crippen LogP contribution in [0.1, 0.15) is 35.6 Å². The number of nitrogens with zero attached hydrogens (tertiary/aromatic N) is 1. The molecule has 1 N–H and O–H groups in total. The first-order valence-electron chi connectivity index (χ1n) is 10.5. The van der Waals surface area contributed by atoms with E-state index in [4.69, 9.17) is 4.74 Å². The van der Waals surface area contributed by atoms with E-state index in [-0.39, 0.29) is 17.9 Å². The van der Waals surface area contributed by atoms with E-state index in [0.717, 1.165) is 49.4 Å². The predicted molar refractivity (Wildman–Crippen MR) is 122 cm³/mol. The molecule has 1 saturated heterocycles. The average molecular weight is 421 g/mol. The van der Waals surface area contributed by atoms with Gasteiger partial charge in [0.2, 0.25) is 5.91 Å². The van der Waals surface area contributed by atoms with Gasteiger partial charge in [-0.15, -0.1) is 0 Å². The first-order chi connectivity index (χ1) is 14.7. The molecule has 0 aliphatic carbocycles. The molecule has 1 aliphatic rings. The number of methoxy groups -OCH3 is 1. The second kappa shape index (κ2) is 9.92. The van der Waals surface area contributed by atoms with Crippen molar-refractivity contribution >= 4 is 17.2 Å². The van der Waals surface area contributed by atoms with Gasteiger partial charge in [0, 0.05) is 12.5 Å². The van der Waals surface area contributed by atoms with Crippen molar-refractivity contribution in [2.75, 3.05) is 20.2 Å². The highest BCUT2D eigenvalue weighted by molar-refractivity contribution is 7.08. The second-order valence-electron chi connectivity index (χ2n) is 7.81. The van der Waals surface area contributed by atoms with Crippen LogP contribution in [0.25, 0.3) is 0 Å². The molecule has 1 aromatic heterocycles. The van der Waals surface area contributed by atoms with Crippen LogP contribution in [-0.4, -0.2) is 31.0 Å². The summed E-state index contributed by atoms with van der Waals surface area (Å²) in [4.78, 5) is 15.5. The SMILES string of the molecule is COc1cccc(CN2CCC(C(=O)NC(c3ccccc3)c3ccsc3)CC2)c1. The summed E-state index contributed by atoms with van der Waals surface area (Å²) in [5.41, 5.74) is 3.52. The number of nitrogens with one attached hydrogen (secondary N) is 1. The number of benzene rings is 2. The van der Waals surface area contributed by atoms with Gasteiger partial charge in [-0.2, -0.15) is 11.3 Å². The molecule has 1 amide bonds. The molecule has 0 spiro atoms. The molecule has 30 heavy (non-hydrogen) atoms. The zero-order valence-electron chi connectivity index (χ0n) is 17.3. The molecule has 2 aromatic carbocycles. The lowest BCUT2D eigenvalue weighted by Crippen LogP contribution is -2.41. The van der Waals surface area contributed by atoms with Gasteiger partial charge in [-0.05, 0) is 71.6 Å². The maximum atomic E-state index is 13.1. The molecular weight excluding hydrogens is 392 g/mol. The van der Waals surface area contributed by atoms with Crippen LogP contribution in [-0.2, 0) is 11.3 Å². The summed E-state index contributed by atoms with van der Waals surface area (Å²) in [5, 5.41) is 7.50. The Bertz CT molecular complexity index is 935. The molecule has 2 heterocycles. The highest BCUT2D eigenvalue weighted by Crippen LogP contribution is 2.26. The first-order valence-corrected chi connectivity index (χ1v) is 11.4.